The van der Waals surface area contributed by atoms with E-state index in [0.717, 1.165) is 5.69 Å². The number of nitrogens with zero attached hydrogens (tertiary/aromatic N) is 4. The number of rotatable bonds is 3. The number of furan rings is 1. The third-order valence-electron chi connectivity index (χ3n) is 4.80. The van der Waals surface area contributed by atoms with E-state index < -0.39 is 0 Å². The number of halogens is 1. The van der Waals surface area contributed by atoms with Crippen molar-refractivity contribution in [2.24, 2.45) is 0 Å². The molecular weight excluding hydrogens is 380 g/mol. The van der Waals surface area contributed by atoms with E-state index >= 15 is 0 Å². The fourth-order valence-corrected chi connectivity index (χ4v) is 3.66. The molecule has 2 aromatic heterocycles. The number of carbonyl (C=O) groups is 2. The Morgan fingerprint density at radius 1 is 0.964 bits per heavy atom. The fraction of sp³-hybridized carbons (Fsp3) is 0.250. The summed E-state index contributed by atoms with van der Waals surface area (Å²) in [7, 11) is 0. The summed E-state index contributed by atoms with van der Waals surface area (Å²) in [5.74, 6) is -0.0270. The largest absolute Gasteiger partial charge is 0.459 e. The second-order valence-corrected chi connectivity index (χ2v) is 6.92. The quantitative estimate of drug-likeness (QED) is 0.679. The molecule has 1 aliphatic heterocycles. The third-order valence-corrected chi connectivity index (χ3v) is 5.15. The van der Waals surface area contributed by atoms with Crippen LogP contribution in [0.4, 0.5) is 0 Å². The summed E-state index contributed by atoms with van der Waals surface area (Å²) in [6, 6.07) is 12.8. The normalized spacial score (nSPS) is 14.4. The number of aromatic nitrogens is 2. The van der Waals surface area contributed by atoms with Crippen molar-refractivity contribution in [2.75, 3.05) is 26.2 Å². The zero-order chi connectivity index (χ0) is 19.7. The highest BCUT2D eigenvalue weighted by Crippen LogP contribution is 2.25. The van der Waals surface area contributed by atoms with E-state index in [1.807, 2.05) is 30.3 Å². The first-order valence-electron chi connectivity index (χ1n) is 8.99. The van der Waals surface area contributed by atoms with Crippen LogP contribution in [0.1, 0.15) is 26.6 Å². The Morgan fingerprint density at radius 3 is 2.21 bits per heavy atom. The highest BCUT2D eigenvalue weighted by molar-refractivity contribution is 6.33. The lowest BCUT2D eigenvalue weighted by Gasteiger charge is -2.34. The first-order chi connectivity index (χ1) is 13.6. The molecule has 28 heavy (non-hydrogen) atoms. The van der Waals surface area contributed by atoms with E-state index in [0.29, 0.717) is 48.3 Å². The molecule has 7 nitrogen and oxygen atoms in total. The van der Waals surface area contributed by atoms with Crippen molar-refractivity contribution < 1.29 is 14.0 Å². The molecule has 4 rings (SSSR count). The van der Waals surface area contributed by atoms with E-state index in [4.69, 9.17) is 16.0 Å². The average molecular weight is 399 g/mol. The molecule has 1 aromatic carbocycles. The van der Waals surface area contributed by atoms with Crippen molar-refractivity contribution in [1.82, 2.24) is 19.6 Å². The Hall–Kier alpha value is -3.06. The predicted octanol–water partition coefficient (Wildman–Crippen LogP) is 3.03. The van der Waals surface area contributed by atoms with Crippen LogP contribution in [0.15, 0.2) is 53.1 Å². The van der Waals surface area contributed by atoms with Crippen molar-refractivity contribution in [3.63, 3.8) is 0 Å². The molecular formula is C20H19ClN4O3. The van der Waals surface area contributed by atoms with Gasteiger partial charge in [0.15, 0.2) is 5.76 Å². The monoisotopic (exact) mass is 398 g/mol. The van der Waals surface area contributed by atoms with Crippen LogP contribution in [0.25, 0.3) is 5.69 Å². The first-order valence-corrected chi connectivity index (χ1v) is 9.36. The highest BCUT2D eigenvalue weighted by Gasteiger charge is 2.30. The summed E-state index contributed by atoms with van der Waals surface area (Å²) in [6.07, 6.45) is 1.47. The molecule has 0 atom stereocenters. The lowest BCUT2D eigenvalue weighted by molar-refractivity contribution is 0.0518. The van der Waals surface area contributed by atoms with Crippen LogP contribution in [0, 0.1) is 6.92 Å². The molecule has 0 radical (unpaired) electrons. The van der Waals surface area contributed by atoms with Gasteiger partial charge in [-0.1, -0.05) is 29.8 Å². The Labute approximate surface area is 167 Å². The van der Waals surface area contributed by atoms with Crippen LogP contribution in [0.3, 0.4) is 0 Å². The van der Waals surface area contributed by atoms with Crippen LogP contribution in [-0.2, 0) is 0 Å². The van der Waals surface area contributed by atoms with Gasteiger partial charge in [-0.05, 0) is 31.2 Å². The smallest absolute Gasteiger partial charge is 0.289 e. The van der Waals surface area contributed by atoms with Crippen LogP contribution in [0.2, 0.25) is 5.15 Å². The molecule has 1 fully saturated rings. The van der Waals surface area contributed by atoms with E-state index in [1.54, 1.807) is 33.5 Å². The number of benzene rings is 1. The zero-order valence-electron chi connectivity index (χ0n) is 15.3. The zero-order valence-corrected chi connectivity index (χ0v) is 16.1. The van der Waals surface area contributed by atoms with E-state index in [9.17, 15) is 9.59 Å². The van der Waals surface area contributed by atoms with Gasteiger partial charge in [-0.25, -0.2) is 4.68 Å². The second-order valence-electron chi connectivity index (χ2n) is 6.56. The molecule has 144 valence electrons. The van der Waals surface area contributed by atoms with Crippen molar-refractivity contribution >= 4 is 23.4 Å². The van der Waals surface area contributed by atoms with Crippen molar-refractivity contribution in [3.05, 3.63) is 70.9 Å². The molecule has 0 unspecified atom stereocenters. The maximum Gasteiger partial charge on any atom is 0.289 e. The van der Waals surface area contributed by atoms with Gasteiger partial charge in [-0.3, -0.25) is 9.59 Å². The van der Waals surface area contributed by atoms with E-state index in [2.05, 4.69) is 5.10 Å². The van der Waals surface area contributed by atoms with Crippen molar-refractivity contribution in [3.8, 4) is 5.69 Å². The van der Waals surface area contributed by atoms with E-state index in [-0.39, 0.29) is 11.8 Å². The number of carbonyl (C=O) groups excluding carboxylic acids is 2. The molecule has 8 heteroatoms. The molecule has 1 aliphatic rings. The van der Waals surface area contributed by atoms with Gasteiger partial charge in [0.05, 0.1) is 23.2 Å². The summed E-state index contributed by atoms with van der Waals surface area (Å²) in [6.45, 7) is 3.51. The van der Waals surface area contributed by atoms with Crippen molar-refractivity contribution in [2.45, 2.75) is 6.92 Å². The van der Waals surface area contributed by atoms with Gasteiger partial charge in [0, 0.05) is 26.2 Å². The lowest BCUT2D eigenvalue weighted by atomic mass is 10.2. The SMILES string of the molecule is Cc1nn(-c2ccccc2)c(Cl)c1C(=O)N1CCN(C(=O)c2ccco2)CC1. The standard InChI is InChI=1S/C20H19ClN4O3/c1-14-17(18(21)25(22-14)15-6-3-2-4-7-15)20(27)24-11-9-23(10-12-24)19(26)16-8-5-13-28-16/h2-8,13H,9-12H2,1H3. The molecule has 0 spiro atoms. The molecule has 0 saturated carbocycles. The number of para-hydroxylation sites is 1. The van der Waals surface area contributed by atoms with Gasteiger partial charge in [0.25, 0.3) is 11.8 Å². The maximum absolute atomic E-state index is 13.1. The molecule has 3 aromatic rings. The Bertz CT molecular complexity index is 990. The average Bonchev–Trinajstić information content (AvgIpc) is 3.36. The number of aryl methyl sites for hydroxylation is 1. The summed E-state index contributed by atoms with van der Waals surface area (Å²) in [5, 5.41) is 4.73. The summed E-state index contributed by atoms with van der Waals surface area (Å²) in [5.41, 5.74) is 1.77. The third kappa shape index (κ3) is 3.29. The minimum absolute atomic E-state index is 0.164. The maximum atomic E-state index is 13.1. The minimum atomic E-state index is -0.172. The first kappa shape index (κ1) is 18.3. The Morgan fingerprint density at radius 2 is 1.61 bits per heavy atom. The summed E-state index contributed by atoms with van der Waals surface area (Å²) in [4.78, 5) is 28.8. The molecule has 0 bridgehead atoms. The molecule has 2 amide bonds. The summed E-state index contributed by atoms with van der Waals surface area (Å²) < 4.78 is 6.74. The predicted molar refractivity (Wildman–Crippen MR) is 104 cm³/mol. The molecule has 3 heterocycles. The topological polar surface area (TPSA) is 71.6 Å². The van der Waals surface area contributed by atoms with Crippen LogP contribution in [0.5, 0.6) is 0 Å². The highest BCUT2D eigenvalue weighted by atomic mass is 35.5. The van der Waals surface area contributed by atoms with Crippen LogP contribution in [-0.4, -0.2) is 57.6 Å². The molecule has 1 saturated heterocycles. The van der Waals surface area contributed by atoms with Crippen molar-refractivity contribution in [1.29, 1.82) is 0 Å². The number of piperazine rings is 1. The van der Waals surface area contributed by atoms with E-state index in [1.165, 1.54) is 6.26 Å². The number of amides is 2. The van der Waals surface area contributed by atoms with Gasteiger partial charge in [0.2, 0.25) is 0 Å². The fourth-order valence-electron chi connectivity index (χ4n) is 3.31. The van der Waals surface area contributed by atoms with Gasteiger partial charge in [-0.15, -0.1) is 0 Å². The van der Waals surface area contributed by atoms with Gasteiger partial charge in [-0.2, -0.15) is 5.10 Å². The minimum Gasteiger partial charge on any atom is -0.459 e. The van der Waals surface area contributed by atoms with Crippen LogP contribution >= 0.6 is 11.6 Å². The lowest BCUT2D eigenvalue weighted by Crippen LogP contribution is -2.50. The van der Waals surface area contributed by atoms with Crippen LogP contribution < -0.4 is 0 Å². The summed E-state index contributed by atoms with van der Waals surface area (Å²) >= 11 is 6.50. The Kier molecular flexibility index (Phi) is 4.92. The number of hydrogen-bond donors (Lipinski definition) is 0. The molecule has 0 aliphatic carbocycles. The second kappa shape index (κ2) is 7.52. The molecule has 0 N–H and O–H groups in total. The Balaban J connectivity index is 1.49. The van der Waals surface area contributed by atoms with Gasteiger partial charge >= 0.3 is 0 Å². The number of hydrogen-bond acceptors (Lipinski definition) is 4. The van der Waals surface area contributed by atoms with Gasteiger partial charge in [0.1, 0.15) is 5.15 Å². The van der Waals surface area contributed by atoms with Gasteiger partial charge < -0.3 is 14.2 Å².